The number of aliphatic hydroxyl groups excluding tert-OH is 1. The van der Waals surface area contributed by atoms with Crippen LogP contribution in [0.2, 0.25) is 0 Å². The van der Waals surface area contributed by atoms with Gasteiger partial charge in [-0.1, -0.05) is 140 Å². The van der Waals surface area contributed by atoms with Gasteiger partial charge >= 0.3 is 0 Å². The number of halogens is 2. The summed E-state index contributed by atoms with van der Waals surface area (Å²) >= 11 is 11.8. The predicted octanol–water partition coefficient (Wildman–Crippen LogP) is 13.8. The summed E-state index contributed by atoms with van der Waals surface area (Å²) in [4.78, 5) is 22.6. The molecule has 0 aromatic heterocycles. The Morgan fingerprint density at radius 2 is 1.03 bits per heavy atom. The van der Waals surface area contributed by atoms with Crippen LogP contribution in [0.3, 0.4) is 0 Å². The van der Waals surface area contributed by atoms with Crippen LogP contribution in [0.15, 0.2) is 85.5 Å². The number of ether oxygens (including phenoxy) is 13. The highest BCUT2D eigenvalue weighted by Gasteiger charge is 2.58. The largest absolute Gasteiger partial charge is 0.383 e. The van der Waals surface area contributed by atoms with Crippen molar-refractivity contribution >= 4 is 34.8 Å². The van der Waals surface area contributed by atoms with Crippen molar-refractivity contribution in [3.63, 3.8) is 0 Å². The number of aliphatic hydroxyl groups is 4. The first kappa shape index (κ1) is 92.8. The lowest BCUT2D eigenvalue weighted by Crippen LogP contribution is -2.45. The van der Waals surface area contributed by atoms with E-state index in [-0.39, 0.29) is 125 Å². The average molecular weight is 1320 g/mol. The minimum Gasteiger partial charge on any atom is -0.383 e. The van der Waals surface area contributed by atoms with Gasteiger partial charge in [0.05, 0.1) is 11.1 Å². The van der Waals surface area contributed by atoms with Gasteiger partial charge < -0.3 is 82.0 Å². The van der Waals surface area contributed by atoms with Gasteiger partial charge in [-0.25, -0.2) is 0 Å². The van der Waals surface area contributed by atoms with Crippen molar-refractivity contribution in [1.29, 1.82) is 0 Å². The van der Waals surface area contributed by atoms with E-state index in [0.29, 0.717) is 35.7 Å². The maximum Gasteiger partial charge on any atom is 0.188 e. The van der Waals surface area contributed by atoms with Gasteiger partial charge in [-0.2, -0.15) is 0 Å². The van der Waals surface area contributed by atoms with Crippen LogP contribution in [0.25, 0.3) is 0 Å². The van der Waals surface area contributed by atoms with Crippen molar-refractivity contribution in [2.45, 2.75) is 339 Å². The number of carbonyl (C=O) groups excluding carboxylic acids is 2. The molecule has 7 saturated heterocycles. The van der Waals surface area contributed by atoms with Crippen LogP contribution in [-0.4, -0.2) is 169 Å². The van der Waals surface area contributed by atoms with Gasteiger partial charge in [-0.05, 0) is 115 Å². The molecule has 0 amide bonds. The van der Waals surface area contributed by atoms with Crippen LogP contribution in [0.5, 0.6) is 0 Å². The predicted molar refractivity (Wildman–Crippen MR) is 356 cm³/mol. The molecule has 0 bridgehead atoms. The van der Waals surface area contributed by atoms with Crippen LogP contribution in [0.4, 0.5) is 0 Å². The second kappa shape index (κ2) is 35.8. The second-order valence-corrected chi connectivity index (χ2v) is 24.8. The molecular formula is C68H124Cl2O19. The Bertz CT molecular complexity index is 2320. The lowest BCUT2D eigenvalue weighted by Gasteiger charge is -2.31. The molecule has 0 spiro atoms. The minimum atomic E-state index is -1.06. The van der Waals surface area contributed by atoms with E-state index in [2.05, 4.69) is 32.9 Å². The molecular weight excluding hydrogens is 1190 g/mol. The summed E-state index contributed by atoms with van der Waals surface area (Å²) < 4.78 is 71.9. The highest BCUT2D eigenvalue weighted by Crippen LogP contribution is 2.46. The van der Waals surface area contributed by atoms with Crippen molar-refractivity contribution in [3.05, 3.63) is 85.5 Å². The Hall–Kier alpha value is -2.58. The zero-order valence-electron chi connectivity index (χ0n) is 51.4. The summed E-state index contributed by atoms with van der Waals surface area (Å²) in [6.07, 6.45) is 9.82. The molecule has 17 atom stereocenters. The third-order valence-corrected chi connectivity index (χ3v) is 15.5. The highest BCUT2D eigenvalue weighted by molar-refractivity contribution is 6.33. The zero-order valence-corrected chi connectivity index (χ0v) is 52.9. The van der Waals surface area contributed by atoms with Crippen LogP contribution >= 0.6 is 23.2 Å². The monoisotopic (exact) mass is 1310 g/mol. The number of rotatable bonds is 10. The molecule has 4 N–H and O–H groups in total. The second-order valence-electron chi connectivity index (χ2n) is 23.9. The van der Waals surface area contributed by atoms with Crippen LogP contribution in [0.1, 0.15) is 202 Å². The van der Waals surface area contributed by atoms with Gasteiger partial charge in [0.15, 0.2) is 58.7 Å². The van der Waals surface area contributed by atoms with E-state index in [0.717, 1.165) is 6.42 Å². The molecule has 19 nitrogen and oxygen atoms in total. The topological polar surface area (TPSA) is 235 Å². The van der Waals surface area contributed by atoms with E-state index >= 15 is 0 Å². The Balaban J connectivity index is -0.000000477. The summed E-state index contributed by atoms with van der Waals surface area (Å²) in [6.45, 7) is 48.4. The summed E-state index contributed by atoms with van der Waals surface area (Å²) in [6, 6.07) is 0. The fourth-order valence-corrected chi connectivity index (χ4v) is 11.3. The Labute approximate surface area is 548 Å². The van der Waals surface area contributed by atoms with E-state index in [1.165, 1.54) is 12.2 Å². The molecule has 524 valence electrons. The number of hydrogen-bond donors (Lipinski definition) is 4. The van der Waals surface area contributed by atoms with Crippen molar-refractivity contribution in [2.75, 3.05) is 0 Å². The van der Waals surface area contributed by atoms with Crippen LogP contribution < -0.4 is 0 Å². The number of carbonyl (C=O) groups is 2. The van der Waals surface area contributed by atoms with E-state index in [9.17, 15) is 30.0 Å². The number of Topliss-reactive ketones (excluding diaryl/α,β-unsaturated/α-hetero) is 1. The average Bonchev–Trinajstić information content (AvgIpc) is 4.36. The molecule has 0 radical (unpaired) electrons. The molecule has 89 heavy (non-hydrogen) atoms. The fourth-order valence-electron chi connectivity index (χ4n) is 10.7. The van der Waals surface area contributed by atoms with Crippen molar-refractivity contribution in [2.24, 2.45) is 0 Å². The Kier molecular flexibility index (Phi) is 37.3. The SMILES string of the molecule is C.C.C.C.C.C.C.C=C.C=C[C@@H]1OC(C)(C)O[C@@H]1C(=O)CC.C=C[C@@H]1OC(C)(C)O[C@@H]1[C@@](O)(C=C)CC.CC1(C)O[C@@H]2C(=O)C=C(Cl)[C@@H]2O1.CC[C@H]1OC(O)[C@@H]2OC(C)(C)O[C@H]12.CC[C@]1(O)C=C(Cl)[C@@H]2OC(C)(C)O[C@@H]21.CC[C@]1(O)C=C[C@@H]2OC(C)(C)O[C@@H]21. The van der Waals surface area contributed by atoms with Gasteiger partial charge in [0.1, 0.15) is 83.9 Å². The van der Waals surface area contributed by atoms with Crippen molar-refractivity contribution in [3.8, 4) is 0 Å². The summed E-state index contributed by atoms with van der Waals surface area (Å²) in [5.41, 5.74) is -2.87. The molecule has 7 aliphatic heterocycles. The maximum absolute atomic E-state index is 11.4. The first-order valence-corrected chi connectivity index (χ1v) is 29.1. The third-order valence-electron chi connectivity index (χ3n) is 14.8. The molecule has 0 saturated carbocycles. The molecule has 21 heteroatoms. The standard InChI is InChI=1S/C12H20O3.C10H15ClO3.2C10H16O3.C9H16O4.C8H9ClO3.C2H4.7CH4/c1-6-9-10(12(13,7-2)8-3)15-11(4,5)14-9;1-4-10(12)5-6(11)7-8(10)14-9(2,3)13-7;1-4-10(11)6-5-7-8(10)13-9(2,3)12-7;1-5-7(11)9-8(6-2)12-10(3,4)13-9;1-4-5-6-7(8(10)11-5)13-9(2,3)12-6;1-8(2)11-6-4(9)3-5(10)7(6)12-8;1-2;;;;;;;/h6-7,9-10,13H,1-2,8H2,3-5H3;5,7-8,12H,4H2,1-3H3;5-8,11H,4H2,1-3H3;6,8-9H,2,5H2,1,3-4H3;5-8,10H,4H2,1-3H3;3,6-7H,1-2H3;1-2H2;7*1H4/t9-,10-,12+;2*7-,8-,10-;8-,9+;5-,6-,7-,8?;6-,7+;;;;;;;;/m000010......../s1. The molecule has 7 heterocycles. The van der Waals surface area contributed by atoms with Crippen molar-refractivity contribution < 1.29 is 91.6 Å². The molecule has 3 aliphatic carbocycles. The summed E-state index contributed by atoms with van der Waals surface area (Å²) in [5, 5.41) is 41.1. The molecule has 0 aromatic rings. The first-order chi connectivity index (χ1) is 37.8. The van der Waals surface area contributed by atoms with Gasteiger partial charge in [0.2, 0.25) is 0 Å². The van der Waals surface area contributed by atoms with E-state index in [1.54, 1.807) is 52.0 Å². The van der Waals surface area contributed by atoms with E-state index < -0.39 is 76.1 Å². The summed E-state index contributed by atoms with van der Waals surface area (Å²) in [5.74, 6) is -3.90. The van der Waals surface area contributed by atoms with E-state index in [4.69, 9.17) is 84.8 Å². The molecule has 1 unspecified atom stereocenters. The van der Waals surface area contributed by atoms with Gasteiger partial charge in [0.25, 0.3) is 0 Å². The zero-order chi connectivity index (χ0) is 62.6. The van der Waals surface area contributed by atoms with E-state index in [1.807, 2.05) is 96.1 Å². The fraction of sp³-hybridized carbons (Fsp3) is 0.765. The lowest BCUT2D eigenvalue weighted by atomic mass is 9.90. The molecule has 0 aromatic carbocycles. The number of ketones is 2. The normalized spacial score (nSPS) is 36.4. The third kappa shape index (κ3) is 22.5. The maximum atomic E-state index is 11.4. The first-order valence-electron chi connectivity index (χ1n) is 28.3. The van der Waals surface area contributed by atoms with Gasteiger partial charge in [-0.15, -0.1) is 32.9 Å². The summed E-state index contributed by atoms with van der Waals surface area (Å²) in [7, 11) is 0. The minimum absolute atomic E-state index is 0. The molecule has 10 aliphatic rings. The Morgan fingerprint density at radius 1 is 0.584 bits per heavy atom. The molecule has 7 fully saturated rings. The molecule has 10 rings (SSSR count). The lowest BCUT2D eigenvalue weighted by molar-refractivity contribution is -0.220. The number of fused-ring (bicyclic) bond motifs is 4. The van der Waals surface area contributed by atoms with Gasteiger partial charge in [-0.3, -0.25) is 9.59 Å². The van der Waals surface area contributed by atoms with Gasteiger partial charge in [0, 0.05) is 17.5 Å². The Morgan fingerprint density at radius 3 is 1.52 bits per heavy atom. The van der Waals surface area contributed by atoms with Crippen molar-refractivity contribution in [1.82, 2.24) is 0 Å². The van der Waals surface area contributed by atoms with Crippen LogP contribution in [0, 0.1) is 0 Å². The highest BCUT2D eigenvalue weighted by atomic mass is 35.5. The van der Waals surface area contributed by atoms with Crippen LogP contribution in [-0.2, 0) is 71.2 Å². The quantitative estimate of drug-likeness (QED) is 0.149. The number of hydrogen-bond acceptors (Lipinski definition) is 19. The smallest absolute Gasteiger partial charge is 0.188 e.